The molecule has 0 saturated carbocycles. The van der Waals surface area contributed by atoms with E-state index >= 15 is 0 Å². The number of thioether (sulfide) groups is 1. The second-order valence-corrected chi connectivity index (χ2v) is 5.80. The number of nitrogen functional groups attached to an aromatic ring is 1. The van der Waals surface area contributed by atoms with Gasteiger partial charge in [0.15, 0.2) is 0 Å². The molecular formula is C15H14ClNO2S. The molecule has 0 aliphatic rings. The van der Waals surface area contributed by atoms with E-state index in [0.29, 0.717) is 10.7 Å². The largest absolute Gasteiger partial charge is 0.481 e. The van der Waals surface area contributed by atoms with Crippen molar-refractivity contribution in [1.29, 1.82) is 0 Å². The van der Waals surface area contributed by atoms with Crippen LogP contribution in [0.2, 0.25) is 5.02 Å². The van der Waals surface area contributed by atoms with Gasteiger partial charge in [-0.15, -0.1) is 11.8 Å². The van der Waals surface area contributed by atoms with E-state index in [0.717, 1.165) is 11.1 Å². The van der Waals surface area contributed by atoms with E-state index in [1.807, 2.05) is 30.3 Å². The molecule has 0 bridgehead atoms. The lowest BCUT2D eigenvalue weighted by Gasteiger charge is -2.19. The van der Waals surface area contributed by atoms with Crippen LogP contribution >= 0.6 is 23.4 Å². The third-order valence-electron chi connectivity index (χ3n) is 2.81. The fourth-order valence-corrected chi connectivity index (χ4v) is 3.14. The molecule has 0 aliphatic carbocycles. The van der Waals surface area contributed by atoms with Gasteiger partial charge in [-0.1, -0.05) is 41.9 Å². The smallest absolute Gasteiger partial charge is 0.313 e. The molecule has 0 heterocycles. The van der Waals surface area contributed by atoms with Crippen LogP contribution < -0.4 is 5.73 Å². The summed E-state index contributed by atoms with van der Waals surface area (Å²) in [6.07, 6.45) is 0. The highest BCUT2D eigenvalue weighted by Gasteiger charge is 2.18. The van der Waals surface area contributed by atoms with Gasteiger partial charge in [0.1, 0.15) is 0 Å². The van der Waals surface area contributed by atoms with Gasteiger partial charge in [-0.25, -0.2) is 0 Å². The number of hydrogen-bond donors (Lipinski definition) is 2. The number of hydrogen-bond acceptors (Lipinski definition) is 3. The predicted molar refractivity (Wildman–Crippen MR) is 84.2 cm³/mol. The molecule has 0 amide bonds. The number of halogens is 1. The Bertz CT molecular complexity index is 604. The normalized spacial score (nSPS) is 12.1. The Morgan fingerprint density at radius 2 is 1.95 bits per heavy atom. The molecule has 1 atom stereocenters. The second-order valence-electron chi connectivity index (χ2n) is 4.27. The molecule has 2 aromatic rings. The standard InChI is InChI=1S/C15H14ClNO2S/c16-11-6-7-13(17)12(8-11)15(20-9-14(18)19)10-4-2-1-3-5-10/h1-8,15H,9,17H2,(H,18,19). The quantitative estimate of drug-likeness (QED) is 0.824. The summed E-state index contributed by atoms with van der Waals surface area (Å²) in [5, 5.41) is 9.34. The first-order chi connectivity index (χ1) is 9.58. The molecule has 0 aliphatic heterocycles. The Balaban J connectivity index is 2.40. The highest BCUT2D eigenvalue weighted by Crippen LogP contribution is 2.39. The van der Waals surface area contributed by atoms with Gasteiger partial charge in [0.25, 0.3) is 0 Å². The Labute approximate surface area is 126 Å². The van der Waals surface area contributed by atoms with E-state index in [4.69, 9.17) is 22.4 Å². The first-order valence-electron chi connectivity index (χ1n) is 6.01. The van der Waals surface area contributed by atoms with Crippen LogP contribution in [0.3, 0.4) is 0 Å². The Kier molecular flexibility index (Phi) is 4.93. The number of anilines is 1. The van der Waals surface area contributed by atoms with E-state index in [1.54, 1.807) is 18.2 Å². The van der Waals surface area contributed by atoms with Gasteiger partial charge in [0, 0.05) is 10.7 Å². The van der Waals surface area contributed by atoms with Gasteiger partial charge in [-0.05, 0) is 29.3 Å². The zero-order chi connectivity index (χ0) is 14.5. The summed E-state index contributed by atoms with van der Waals surface area (Å²) < 4.78 is 0. The summed E-state index contributed by atoms with van der Waals surface area (Å²) in [6, 6.07) is 14.9. The maximum atomic E-state index is 10.8. The number of nitrogens with two attached hydrogens (primary N) is 1. The average Bonchev–Trinajstić information content (AvgIpc) is 2.43. The molecule has 0 spiro atoms. The molecule has 2 rings (SSSR count). The zero-order valence-electron chi connectivity index (χ0n) is 10.6. The van der Waals surface area contributed by atoms with Crippen molar-refractivity contribution in [2.75, 3.05) is 11.5 Å². The Morgan fingerprint density at radius 1 is 1.25 bits per heavy atom. The van der Waals surface area contributed by atoms with Crippen LogP contribution in [0.5, 0.6) is 0 Å². The van der Waals surface area contributed by atoms with Gasteiger partial charge in [-0.3, -0.25) is 4.79 Å². The molecule has 0 saturated heterocycles. The molecule has 3 nitrogen and oxygen atoms in total. The molecule has 1 unspecified atom stereocenters. The van der Waals surface area contributed by atoms with E-state index in [-0.39, 0.29) is 11.0 Å². The van der Waals surface area contributed by atoms with E-state index in [2.05, 4.69) is 0 Å². The molecule has 3 N–H and O–H groups in total. The van der Waals surface area contributed by atoms with E-state index in [9.17, 15) is 4.79 Å². The van der Waals surface area contributed by atoms with Crippen molar-refractivity contribution < 1.29 is 9.90 Å². The van der Waals surface area contributed by atoms with Crippen molar-refractivity contribution in [3.8, 4) is 0 Å². The molecule has 104 valence electrons. The molecule has 0 fully saturated rings. The van der Waals surface area contributed by atoms with Gasteiger partial charge in [-0.2, -0.15) is 0 Å². The van der Waals surface area contributed by atoms with Gasteiger partial charge >= 0.3 is 5.97 Å². The Hall–Kier alpha value is -1.65. The first kappa shape index (κ1) is 14.8. The topological polar surface area (TPSA) is 63.3 Å². The summed E-state index contributed by atoms with van der Waals surface area (Å²) in [6.45, 7) is 0. The highest BCUT2D eigenvalue weighted by molar-refractivity contribution is 8.00. The third-order valence-corrected chi connectivity index (χ3v) is 4.32. The summed E-state index contributed by atoms with van der Waals surface area (Å²) in [5.41, 5.74) is 8.48. The molecular weight excluding hydrogens is 294 g/mol. The van der Waals surface area contributed by atoms with Crippen LogP contribution in [0.1, 0.15) is 16.4 Å². The van der Waals surface area contributed by atoms with Gasteiger partial charge < -0.3 is 10.8 Å². The highest BCUT2D eigenvalue weighted by atomic mass is 35.5. The van der Waals surface area contributed by atoms with Crippen LogP contribution in [-0.2, 0) is 4.79 Å². The van der Waals surface area contributed by atoms with Crippen molar-refractivity contribution in [2.24, 2.45) is 0 Å². The van der Waals surface area contributed by atoms with Crippen LogP contribution in [0.15, 0.2) is 48.5 Å². The summed E-state index contributed by atoms with van der Waals surface area (Å²) in [5.74, 6) is -0.845. The monoisotopic (exact) mass is 307 g/mol. The third kappa shape index (κ3) is 3.68. The average molecular weight is 308 g/mol. The number of carboxylic acids is 1. The van der Waals surface area contributed by atoms with Gasteiger partial charge in [0.2, 0.25) is 0 Å². The number of benzene rings is 2. The summed E-state index contributed by atoms with van der Waals surface area (Å²) in [7, 11) is 0. The minimum absolute atomic E-state index is 0.00547. The number of aliphatic carboxylic acids is 1. The molecule has 0 radical (unpaired) electrons. The number of carbonyl (C=O) groups is 1. The lowest BCUT2D eigenvalue weighted by molar-refractivity contribution is -0.133. The SMILES string of the molecule is Nc1ccc(Cl)cc1C(SCC(=O)O)c1ccccc1. The van der Waals surface area contributed by atoms with Gasteiger partial charge in [0.05, 0.1) is 11.0 Å². The predicted octanol–water partition coefficient (Wildman–Crippen LogP) is 3.83. The zero-order valence-corrected chi connectivity index (χ0v) is 12.2. The molecule has 20 heavy (non-hydrogen) atoms. The summed E-state index contributed by atoms with van der Waals surface area (Å²) >= 11 is 7.35. The molecule has 5 heteroatoms. The maximum absolute atomic E-state index is 10.8. The molecule has 2 aromatic carbocycles. The van der Waals surface area contributed by atoms with Crippen LogP contribution in [-0.4, -0.2) is 16.8 Å². The van der Waals surface area contributed by atoms with E-state index in [1.165, 1.54) is 11.8 Å². The lowest BCUT2D eigenvalue weighted by atomic mass is 10.0. The first-order valence-corrected chi connectivity index (χ1v) is 7.44. The van der Waals surface area contributed by atoms with Crippen molar-refractivity contribution in [3.05, 3.63) is 64.7 Å². The lowest BCUT2D eigenvalue weighted by Crippen LogP contribution is -2.06. The van der Waals surface area contributed by atoms with Crippen LogP contribution in [0.25, 0.3) is 0 Å². The minimum atomic E-state index is -0.850. The second kappa shape index (κ2) is 6.68. The van der Waals surface area contributed by atoms with Crippen LogP contribution in [0, 0.1) is 0 Å². The molecule has 0 aromatic heterocycles. The summed E-state index contributed by atoms with van der Waals surface area (Å²) in [4.78, 5) is 10.8. The van der Waals surface area contributed by atoms with Crippen molar-refractivity contribution in [1.82, 2.24) is 0 Å². The van der Waals surface area contributed by atoms with Crippen molar-refractivity contribution in [2.45, 2.75) is 5.25 Å². The maximum Gasteiger partial charge on any atom is 0.313 e. The fraction of sp³-hybridized carbons (Fsp3) is 0.133. The number of rotatable bonds is 5. The number of carboxylic acid groups (broad SMARTS) is 1. The minimum Gasteiger partial charge on any atom is -0.481 e. The van der Waals surface area contributed by atoms with Crippen molar-refractivity contribution in [3.63, 3.8) is 0 Å². The fourth-order valence-electron chi connectivity index (χ4n) is 1.92. The van der Waals surface area contributed by atoms with E-state index < -0.39 is 5.97 Å². The van der Waals surface area contributed by atoms with Crippen molar-refractivity contribution >= 4 is 35.0 Å². The Morgan fingerprint density at radius 3 is 2.60 bits per heavy atom. The van der Waals surface area contributed by atoms with Crippen LogP contribution in [0.4, 0.5) is 5.69 Å².